The van der Waals surface area contributed by atoms with E-state index in [1.54, 1.807) is 0 Å². The maximum absolute atomic E-state index is 13.4. The molecule has 1 heterocycles. The summed E-state index contributed by atoms with van der Waals surface area (Å²) in [5.41, 5.74) is 4.62. The summed E-state index contributed by atoms with van der Waals surface area (Å²) in [5, 5.41) is 3.13. The van der Waals surface area contributed by atoms with Crippen molar-refractivity contribution in [1.82, 2.24) is 10.2 Å². The summed E-state index contributed by atoms with van der Waals surface area (Å²) in [4.78, 5) is 17.6. The molecule has 1 aliphatic rings. The van der Waals surface area contributed by atoms with Gasteiger partial charge in [0.15, 0.2) is 5.96 Å². The van der Waals surface area contributed by atoms with Crippen LogP contribution in [0.5, 0.6) is 5.75 Å². The summed E-state index contributed by atoms with van der Waals surface area (Å²) < 4.78 is 45.1. The van der Waals surface area contributed by atoms with Crippen molar-refractivity contribution in [3.05, 3.63) is 29.3 Å². The molecule has 6 nitrogen and oxygen atoms in total. The van der Waals surface area contributed by atoms with E-state index in [-0.39, 0.29) is 53.7 Å². The highest BCUT2D eigenvalue weighted by molar-refractivity contribution is 14.0. The third-order valence-corrected chi connectivity index (χ3v) is 4.66. The Hall–Kier alpha value is -1.72. The van der Waals surface area contributed by atoms with Gasteiger partial charge in [-0.1, -0.05) is 6.07 Å². The van der Waals surface area contributed by atoms with Gasteiger partial charge >= 0.3 is 6.18 Å². The molecule has 1 saturated heterocycles. The Morgan fingerprint density at radius 1 is 1.41 bits per heavy atom. The Labute approximate surface area is 186 Å². The Morgan fingerprint density at radius 3 is 2.72 bits per heavy atom. The van der Waals surface area contributed by atoms with E-state index in [4.69, 9.17) is 10.5 Å². The fourth-order valence-corrected chi connectivity index (χ4v) is 3.38. The van der Waals surface area contributed by atoms with Gasteiger partial charge in [-0.05, 0) is 43.4 Å². The van der Waals surface area contributed by atoms with Crippen molar-refractivity contribution in [3.63, 3.8) is 0 Å². The molecule has 1 aliphatic heterocycles. The zero-order chi connectivity index (χ0) is 20.7. The van der Waals surface area contributed by atoms with E-state index in [0.29, 0.717) is 25.5 Å². The van der Waals surface area contributed by atoms with Gasteiger partial charge in [-0.3, -0.25) is 4.79 Å². The van der Waals surface area contributed by atoms with Crippen LogP contribution in [0.2, 0.25) is 0 Å². The van der Waals surface area contributed by atoms with Crippen LogP contribution in [0, 0.1) is 5.92 Å². The molecule has 1 amide bonds. The van der Waals surface area contributed by atoms with Crippen LogP contribution in [-0.2, 0) is 17.5 Å². The first-order valence-corrected chi connectivity index (χ1v) is 9.30. The van der Waals surface area contributed by atoms with Crippen LogP contribution in [-0.4, -0.2) is 43.5 Å². The van der Waals surface area contributed by atoms with Crippen LogP contribution in [0.4, 0.5) is 13.2 Å². The third-order valence-electron chi connectivity index (χ3n) is 4.66. The lowest BCUT2D eigenvalue weighted by Gasteiger charge is -2.34. The Kier molecular flexibility index (Phi) is 10.0. The summed E-state index contributed by atoms with van der Waals surface area (Å²) in [5.74, 6) is 0.474. The van der Waals surface area contributed by atoms with Gasteiger partial charge in [0.25, 0.3) is 0 Å². The van der Waals surface area contributed by atoms with Gasteiger partial charge in [0.2, 0.25) is 5.91 Å². The number of halogens is 4. The van der Waals surface area contributed by atoms with Gasteiger partial charge in [0.05, 0.1) is 19.2 Å². The van der Waals surface area contributed by atoms with E-state index >= 15 is 0 Å². The van der Waals surface area contributed by atoms with Gasteiger partial charge < -0.3 is 20.7 Å². The van der Waals surface area contributed by atoms with Gasteiger partial charge in [-0.2, -0.15) is 13.2 Å². The van der Waals surface area contributed by atoms with E-state index in [1.165, 1.54) is 19.2 Å². The number of carbonyl (C=O) groups excluding carboxylic acids is 1. The molecule has 1 unspecified atom stereocenters. The van der Waals surface area contributed by atoms with Crippen LogP contribution in [0.1, 0.15) is 37.3 Å². The molecule has 0 saturated carbocycles. The zero-order valence-electron chi connectivity index (χ0n) is 16.6. The highest BCUT2D eigenvalue weighted by atomic mass is 127. The van der Waals surface area contributed by atoms with Gasteiger partial charge in [0, 0.05) is 26.1 Å². The van der Waals surface area contributed by atoms with Gasteiger partial charge in [-0.25, -0.2) is 4.99 Å². The lowest BCUT2D eigenvalue weighted by Crippen LogP contribution is -2.47. The number of nitrogens with two attached hydrogens (primary N) is 1. The topological polar surface area (TPSA) is 80.0 Å². The average Bonchev–Trinajstić information content (AvgIpc) is 2.64. The number of nitrogens with zero attached hydrogens (tertiary/aromatic N) is 2. The minimum absolute atomic E-state index is 0. The largest absolute Gasteiger partial charge is 0.497 e. The predicted octanol–water partition coefficient (Wildman–Crippen LogP) is 3.38. The highest BCUT2D eigenvalue weighted by Gasteiger charge is 2.34. The summed E-state index contributed by atoms with van der Waals surface area (Å²) in [6.45, 7) is 3.71. The summed E-state index contributed by atoms with van der Waals surface area (Å²) in [6.07, 6.45) is -2.42. The first-order chi connectivity index (χ1) is 13.2. The number of ether oxygens (including phenoxy) is 1. The van der Waals surface area contributed by atoms with Crippen molar-refractivity contribution in [1.29, 1.82) is 0 Å². The van der Waals surface area contributed by atoms with Crippen molar-refractivity contribution in [2.45, 2.75) is 38.9 Å². The predicted molar refractivity (Wildman–Crippen MR) is 116 cm³/mol. The molecule has 1 atom stereocenters. The van der Waals surface area contributed by atoms with Crippen LogP contribution in [0.25, 0.3) is 0 Å². The maximum atomic E-state index is 13.4. The standard InChI is InChI=1S/C19H27F3N4O2.HI/c1-3-24-18(26-8-4-5-13(12-26)9-17(23)27)25-11-14-6-7-15(28-2)10-16(14)19(20,21)22;/h6-7,10,13H,3-5,8-9,11-12H2,1-2H3,(H2,23,27)(H,24,25);1H. The number of piperidine rings is 1. The van der Waals surface area contributed by atoms with Crippen LogP contribution >= 0.6 is 24.0 Å². The molecule has 0 radical (unpaired) electrons. The SMILES string of the molecule is CCNC(=NCc1ccc(OC)cc1C(F)(F)F)N1CCCC(CC(N)=O)C1.I. The number of alkyl halides is 3. The fraction of sp³-hybridized carbons (Fsp3) is 0.579. The van der Waals surface area contributed by atoms with Crippen molar-refractivity contribution in [2.75, 3.05) is 26.7 Å². The lowest BCUT2D eigenvalue weighted by atomic mass is 9.95. The van der Waals surface area contributed by atoms with E-state index in [2.05, 4.69) is 10.3 Å². The lowest BCUT2D eigenvalue weighted by molar-refractivity contribution is -0.138. The quantitative estimate of drug-likeness (QED) is 0.337. The zero-order valence-corrected chi connectivity index (χ0v) is 18.9. The van der Waals surface area contributed by atoms with Crippen molar-refractivity contribution >= 4 is 35.8 Å². The molecule has 29 heavy (non-hydrogen) atoms. The second-order valence-electron chi connectivity index (χ2n) is 6.82. The number of hydrogen-bond donors (Lipinski definition) is 2. The number of guanidine groups is 1. The molecule has 1 aromatic rings. The third kappa shape index (κ3) is 7.56. The molecule has 0 aliphatic carbocycles. The molecular weight excluding hydrogens is 500 g/mol. The molecule has 2 rings (SSSR count). The number of rotatable bonds is 6. The van der Waals surface area contributed by atoms with Crippen LogP contribution in [0.3, 0.4) is 0 Å². The number of primary amides is 1. The van der Waals surface area contributed by atoms with E-state index < -0.39 is 11.7 Å². The number of nitrogens with one attached hydrogen (secondary N) is 1. The van der Waals surface area contributed by atoms with Crippen molar-refractivity contribution < 1.29 is 22.7 Å². The van der Waals surface area contributed by atoms with E-state index in [1.807, 2.05) is 11.8 Å². The number of amides is 1. The minimum atomic E-state index is -4.49. The van der Waals surface area contributed by atoms with Crippen molar-refractivity contribution in [2.24, 2.45) is 16.6 Å². The van der Waals surface area contributed by atoms with Gasteiger partial charge in [0.1, 0.15) is 5.75 Å². The molecule has 1 fully saturated rings. The highest BCUT2D eigenvalue weighted by Crippen LogP contribution is 2.34. The average molecular weight is 528 g/mol. The number of benzene rings is 1. The number of methoxy groups -OCH3 is 1. The Bertz CT molecular complexity index is 713. The minimum Gasteiger partial charge on any atom is -0.497 e. The summed E-state index contributed by atoms with van der Waals surface area (Å²) in [7, 11) is 1.33. The molecule has 0 spiro atoms. The van der Waals surface area contributed by atoms with Crippen LogP contribution in [0.15, 0.2) is 23.2 Å². The molecule has 1 aromatic carbocycles. The molecule has 10 heteroatoms. The summed E-state index contributed by atoms with van der Waals surface area (Å²) >= 11 is 0. The number of carbonyl (C=O) groups is 1. The molecule has 0 bridgehead atoms. The van der Waals surface area contributed by atoms with E-state index in [9.17, 15) is 18.0 Å². The van der Waals surface area contributed by atoms with Gasteiger partial charge in [-0.15, -0.1) is 24.0 Å². The fourth-order valence-electron chi connectivity index (χ4n) is 3.38. The molecular formula is C19H28F3IN4O2. The number of aliphatic imine (C=N–C) groups is 1. The molecule has 0 aromatic heterocycles. The monoisotopic (exact) mass is 528 g/mol. The number of hydrogen-bond acceptors (Lipinski definition) is 3. The van der Waals surface area contributed by atoms with E-state index in [0.717, 1.165) is 25.5 Å². The smallest absolute Gasteiger partial charge is 0.416 e. The first kappa shape index (κ1) is 25.3. The van der Waals surface area contributed by atoms with Crippen molar-refractivity contribution in [3.8, 4) is 5.75 Å². The van der Waals surface area contributed by atoms with Crippen LogP contribution < -0.4 is 15.8 Å². The first-order valence-electron chi connectivity index (χ1n) is 9.30. The number of likely N-dealkylation sites (tertiary alicyclic amines) is 1. The normalized spacial score (nSPS) is 17.5. The maximum Gasteiger partial charge on any atom is 0.416 e. The second kappa shape index (κ2) is 11.5. The second-order valence-corrected chi connectivity index (χ2v) is 6.82. The summed E-state index contributed by atoms with van der Waals surface area (Å²) in [6, 6.07) is 3.87. The molecule has 3 N–H and O–H groups in total. The Balaban J connectivity index is 0.00000420. The molecule has 164 valence electrons. The Morgan fingerprint density at radius 2 is 2.14 bits per heavy atom.